The number of halogens is 3. The standard InChI is InChI=1S/C16H19F3N2O/c1-8-7-21(14(22)15(2,3)16(4,18)19)13-9-5-20-6-10(17)12(9)11(8)13/h5-6,8,11,13H,7H2,1-4H3/t8-,11?,13+/m0/s1. The molecule has 120 valence electrons. The van der Waals surface area contributed by atoms with E-state index in [-0.39, 0.29) is 23.7 Å². The Labute approximate surface area is 127 Å². The van der Waals surface area contributed by atoms with Crippen LogP contribution >= 0.6 is 0 Å². The van der Waals surface area contributed by atoms with Crippen LogP contribution in [0, 0.1) is 17.2 Å². The summed E-state index contributed by atoms with van der Waals surface area (Å²) in [5.74, 6) is -4.17. The number of aromatic nitrogens is 1. The molecule has 0 saturated carbocycles. The molecule has 22 heavy (non-hydrogen) atoms. The smallest absolute Gasteiger partial charge is 0.259 e. The fraction of sp³-hybridized carbons (Fsp3) is 0.625. The van der Waals surface area contributed by atoms with Crippen LogP contribution in [0.15, 0.2) is 12.4 Å². The molecule has 1 unspecified atom stereocenters. The maximum absolute atomic E-state index is 13.9. The van der Waals surface area contributed by atoms with Crippen molar-refractivity contribution in [2.45, 2.75) is 45.6 Å². The Morgan fingerprint density at radius 2 is 1.95 bits per heavy atom. The Kier molecular flexibility index (Phi) is 3.10. The number of rotatable bonds is 2. The molecule has 6 heteroatoms. The van der Waals surface area contributed by atoms with Crippen LogP contribution in [0.25, 0.3) is 0 Å². The van der Waals surface area contributed by atoms with Crippen LogP contribution in [-0.2, 0) is 4.79 Å². The van der Waals surface area contributed by atoms with E-state index in [1.54, 1.807) is 0 Å². The van der Waals surface area contributed by atoms with Crippen molar-refractivity contribution >= 4 is 5.91 Å². The summed E-state index contributed by atoms with van der Waals surface area (Å²) in [4.78, 5) is 18.0. The second kappa shape index (κ2) is 4.46. The molecule has 1 fully saturated rings. The highest BCUT2D eigenvalue weighted by Gasteiger charge is 2.58. The van der Waals surface area contributed by atoms with E-state index < -0.39 is 17.2 Å². The van der Waals surface area contributed by atoms with Crippen molar-refractivity contribution in [2.75, 3.05) is 6.54 Å². The summed E-state index contributed by atoms with van der Waals surface area (Å²) in [7, 11) is 0. The molecule has 1 saturated heterocycles. The van der Waals surface area contributed by atoms with Gasteiger partial charge in [-0.3, -0.25) is 9.78 Å². The number of fused-ring (bicyclic) bond motifs is 4. The minimum atomic E-state index is -3.13. The van der Waals surface area contributed by atoms with Crippen LogP contribution in [0.3, 0.4) is 0 Å². The number of alkyl halides is 2. The first-order valence-corrected chi connectivity index (χ1v) is 7.39. The zero-order valence-electron chi connectivity index (χ0n) is 13.0. The summed E-state index contributed by atoms with van der Waals surface area (Å²) in [5, 5.41) is 0. The molecule has 1 aliphatic carbocycles. The van der Waals surface area contributed by atoms with Crippen LogP contribution in [-0.4, -0.2) is 28.3 Å². The van der Waals surface area contributed by atoms with Gasteiger partial charge in [-0.1, -0.05) is 6.92 Å². The van der Waals surface area contributed by atoms with E-state index in [1.165, 1.54) is 24.9 Å². The molecule has 1 aromatic rings. The molecule has 1 aromatic heterocycles. The summed E-state index contributed by atoms with van der Waals surface area (Å²) < 4.78 is 41.5. The minimum absolute atomic E-state index is 0.0413. The summed E-state index contributed by atoms with van der Waals surface area (Å²) in [5.41, 5.74) is -0.556. The van der Waals surface area contributed by atoms with Crippen LogP contribution < -0.4 is 0 Å². The van der Waals surface area contributed by atoms with E-state index in [2.05, 4.69) is 4.98 Å². The van der Waals surface area contributed by atoms with Gasteiger partial charge < -0.3 is 4.90 Å². The van der Waals surface area contributed by atoms with Crippen molar-refractivity contribution in [1.82, 2.24) is 9.88 Å². The van der Waals surface area contributed by atoms with Gasteiger partial charge in [0.2, 0.25) is 5.91 Å². The van der Waals surface area contributed by atoms with Crippen LogP contribution in [0.1, 0.15) is 50.8 Å². The lowest BCUT2D eigenvalue weighted by molar-refractivity contribution is -0.164. The average Bonchev–Trinajstić information content (AvgIpc) is 2.65. The third-order valence-corrected chi connectivity index (χ3v) is 5.29. The molecular formula is C16H19F3N2O. The lowest BCUT2D eigenvalue weighted by Gasteiger charge is -2.42. The average molecular weight is 312 g/mol. The molecule has 0 bridgehead atoms. The van der Waals surface area contributed by atoms with Gasteiger partial charge in [-0.2, -0.15) is 0 Å². The Morgan fingerprint density at radius 1 is 1.32 bits per heavy atom. The van der Waals surface area contributed by atoms with E-state index in [0.717, 1.165) is 13.1 Å². The first kappa shape index (κ1) is 15.3. The number of amides is 1. The van der Waals surface area contributed by atoms with E-state index >= 15 is 0 Å². The predicted octanol–water partition coefficient (Wildman–Crippen LogP) is 3.52. The summed E-state index contributed by atoms with van der Waals surface area (Å²) in [6.07, 6.45) is 2.70. The maximum atomic E-state index is 13.9. The number of carbonyl (C=O) groups is 1. The third kappa shape index (κ3) is 1.82. The van der Waals surface area contributed by atoms with Gasteiger partial charge in [-0.15, -0.1) is 0 Å². The van der Waals surface area contributed by atoms with E-state index in [9.17, 15) is 18.0 Å². The van der Waals surface area contributed by atoms with Crippen molar-refractivity contribution in [2.24, 2.45) is 11.3 Å². The zero-order valence-corrected chi connectivity index (χ0v) is 13.0. The van der Waals surface area contributed by atoms with E-state index in [1.807, 2.05) is 6.92 Å². The van der Waals surface area contributed by atoms with Crippen molar-refractivity contribution in [3.63, 3.8) is 0 Å². The molecule has 1 aliphatic heterocycles. The van der Waals surface area contributed by atoms with Crippen molar-refractivity contribution in [1.29, 1.82) is 0 Å². The first-order chi connectivity index (χ1) is 10.1. The van der Waals surface area contributed by atoms with Crippen molar-refractivity contribution in [3.05, 3.63) is 29.3 Å². The predicted molar refractivity (Wildman–Crippen MR) is 75.0 cm³/mol. The van der Waals surface area contributed by atoms with E-state index in [4.69, 9.17) is 0 Å². The Hall–Kier alpha value is -1.59. The second-order valence-corrected chi connectivity index (χ2v) is 7.04. The molecule has 1 amide bonds. The highest BCUT2D eigenvalue weighted by atomic mass is 19.3. The molecule has 3 rings (SSSR count). The number of nitrogens with zero attached hydrogens (tertiary/aromatic N) is 2. The van der Waals surface area contributed by atoms with E-state index in [0.29, 0.717) is 17.7 Å². The Bertz CT molecular complexity index is 639. The molecule has 3 nitrogen and oxygen atoms in total. The molecule has 0 spiro atoms. The number of carbonyl (C=O) groups excluding carboxylic acids is 1. The molecule has 2 aliphatic rings. The van der Waals surface area contributed by atoms with Crippen molar-refractivity contribution in [3.8, 4) is 0 Å². The number of likely N-dealkylation sites (tertiary alicyclic amines) is 1. The van der Waals surface area contributed by atoms with Crippen LogP contribution in [0.4, 0.5) is 13.2 Å². The molecule has 0 radical (unpaired) electrons. The fourth-order valence-electron chi connectivity index (χ4n) is 3.55. The van der Waals surface area contributed by atoms with Gasteiger partial charge in [-0.25, -0.2) is 13.2 Å². The third-order valence-electron chi connectivity index (χ3n) is 5.29. The number of hydrogen-bond donors (Lipinski definition) is 0. The highest BCUT2D eigenvalue weighted by Crippen LogP contribution is 2.58. The lowest BCUT2D eigenvalue weighted by atomic mass is 9.70. The zero-order chi connectivity index (χ0) is 16.4. The monoisotopic (exact) mass is 312 g/mol. The summed E-state index contributed by atoms with van der Waals surface area (Å²) in [6, 6.07) is -0.331. The summed E-state index contributed by atoms with van der Waals surface area (Å²) in [6.45, 7) is 5.57. The van der Waals surface area contributed by atoms with Gasteiger partial charge in [0, 0.05) is 36.7 Å². The van der Waals surface area contributed by atoms with Gasteiger partial charge in [0.1, 0.15) is 11.2 Å². The second-order valence-electron chi connectivity index (χ2n) is 7.04. The molecular weight excluding hydrogens is 293 g/mol. The minimum Gasteiger partial charge on any atom is -0.334 e. The maximum Gasteiger partial charge on any atom is 0.259 e. The quantitative estimate of drug-likeness (QED) is 0.837. The number of pyridine rings is 1. The number of hydrogen-bond acceptors (Lipinski definition) is 2. The normalized spacial score (nSPS) is 27.2. The van der Waals surface area contributed by atoms with Gasteiger partial charge in [-0.05, 0) is 19.8 Å². The molecule has 2 heterocycles. The molecule has 3 atom stereocenters. The van der Waals surface area contributed by atoms with Gasteiger partial charge in [0.05, 0.1) is 12.2 Å². The Balaban J connectivity index is 1.97. The van der Waals surface area contributed by atoms with Gasteiger partial charge in [0.15, 0.2) is 0 Å². The van der Waals surface area contributed by atoms with Gasteiger partial charge >= 0.3 is 0 Å². The fourth-order valence-corrected chi connectivity index (χ4v) is 3.55. The van der Waals surface area contributed by atoms with Crippen LogP contribution in [0.5, 0.6) is 0 Å². The highest BCUT2D eigenvalue weighted by molar-refractivity contribution is 5.84. The largest absolute Gasteiger partial charge is 0.334 e. The van der Waals surface area contributed by atoms with Crippen molar-refractivity contribution < 1.29 is 18.0 Å². The Morgan fingerprint density at radius 3 is 2.55 bits per heavy atom. The van der Waals surface area contributed by atoms with Crippen LogP contribution in [0.2, 0.25) is 0 Å². The lowest BCUT2D eigenvalue weighted by Crippen LogP contribution is -2.50. The SMILES string of the molecule is C[C@H]1CN(C(=O)C(C)(C)C(C)(F)F)[C@@H]2c3cncc(F)c3C21. The summed E-state index contributed by atoms with van der Waals surface area (Å²) >= 11 is 0. The molecule has 0 N–H and O–H groups in total. The topological polar surface area (TPSA) is 33.2 Å². The molecule has 0 aromatic carbocycles. The first-order valence-electron chi connectivity index (χ1n) is 7.39. The van der Waals surface area contributed by atoms with Gasteiger partial charge in [0.25, 0.3) is 5.92 Å².